The van der Waals surface area contributed by atoms with Crippen LogP contribution in [-0.2, 0) is 0 Å². The molecule has 1 aromatic rings. The predicted octanol–water partition coefficient (Wildman–Crippen LogP) is 3.12. The third kappa shape index (κ3) is 3.12. The molecule has 4 heteroatoms. The van der Waals surface area contributed by atoms with E-state index in [2.05, 4.69) is 5.73 Å². The molecular formula is C20H22N4. The quantitative estimate of drug-likeness (QED) is 0.661. The van der Waals surface area contributed by atoms with Gasteiger partial charge in [0.15, 0.2) is 0 Å². The van der Waals surface area contributed by atoms with Crippen LogP contribution < -0.4 is 11.5 Å². The molecule has 2 fully saturated rings. The molecule has 122 valence electrons. The number of allylic oxidation sites excluding steroid dienone is 3. The highest BCUT2D eigenvalue weighted by molar-refractivity contribution is 6.23. The van der Waals surface area contributed by atoms with Crippen LogP contribution in [0.5, 0.6) is 0 Å². The number of rotatable bonds is 4. The average Bonchev–Trinajstić information content (AvgIpc) is 3.39. The Hall–Kier alpha value is -2.42. The van der Waals surface area contributed by atoms with E-state index in [-0.39, 0.29) is 0 Å². The molecule has 0 spiro atoms. The Balaban J connectivity index is 1.70. The summed E-state index contributed by atoms with van der Waals surface area (Å²) in [5.74, 6) is 0.466. The maximum atomic E-state index is 6.42. The molecular weight excluding hydrogens is 296 g/mol. The molecule has 0 amide bonds. The first-order valence-corrected chi connectivity index (χ1v) is 8.59. The summed E-state index contributed by atoms with van der Waals surface area (Å²) in [7, 11) is 0. The van der Waals surface area contributed by atoms with Crippen LogP contribution in [0.3, 0.4) is 0 Å². The summed E-state index contributed by atoms with van der Waals surface area (Å²) in [6.07, 6.45) is 10.00. The molecule has 1 heterocycles. The van der Waals surface area contributed by atoms with E-state index in [1.807, 2.05) is 42.6 Å². The second-order valence-corrected chi connectivity index (χ2v) is 6.82. The highest BCUT2D eigenvalue weighted by atomic mass is 14.9. The van der Waals surface area contributed by atoms with Crippen molar-refractivity contribution in [2.45, 2.75) is 37.8 Å². The van der Waals surface area contributed by atoms with Crippen molar-refractivity contribution >= 4 is 23.7 Å². The van der Waals surface area contributed by atoms with Crippen LogP contribution in [0.1, 0.15) is 31.2 Å². The van der Waals surface area contributed by atoms with Crippen LogP contribution in [0.4, 0.5) is 5.69 Å². The molecule has 0 bridgehead atoms. The Kier molecular flexibility index (Phi) is 3.93. The summed E-state index contributed by atoms with van der Waals surface area (Å²) >= 11 is 0. The van der Waals surface area contributed by atoms with Crippen molar-refractivity contribution in [1.82, 2.24) is 0 Å². The topological polar surface area (TPSA) is 76.8 Å². The van der Waals surface area contributed by atoms with Gasteiger partial charge in [-0.1, -0.05) is 18.2 Å². The first-order valence-electron chi connectivity index (χ1n) is 8.59. The minimum absolute atomic E-state index is 0.297. The number of benzene rings is 1. The van der Waals surface area contributed by atoms with Gasteiger partial charge in [-0.15, -0.1) is 5.73 Å². The molecule has 4 rings (SSSR count). The van der Waals surface area contributed by atoms with Crippen molar-refractivity contribution in [2.24, 2.45) is 27.4 Å². The number of para-hydroxylation sites is 1. The van der Waals surface area contributed by atoms with Gasteiger partial charge in [-0.2, -0.15) is 0 Å². The largest absolute Gasteiger partial charge is 0.401 e. The molecule has 3 aliphatic rings. The van der Waals surface area contributed by atoms with Gasteiger partial charge >= 0.3 is 0 Å². The summed E-state index contributed by atoms with van der Waals surface area (Å²) in [6.45, 7) is 0. The number of hydrogen-bond acceptors (Lipinski definition) is 4. The fraction of sp³-hybridized carbons (Fsp3) is 0.350. The SMILES string of the molecule is NC(=C(C=NC1CC(N)C1)C1=Nc2ccccc2C=C=C1)C1CC1. The van der Waals surface area contributed by atoms with Crippen molar-refractivity contribution in [2.75, 3.05) is 0 Å². The van der Waals surface area contributed by atoms with Crippen LogP contribution in [0.15, 0.2) is 57.3 Å². The van der Waals surface area contributed by atoms with Crippen LogP contribution in [-0.4, -0.2) is 24.0 Å². The van der Waals surface area contributed by atoms with Gasteiger partial charge in [0, 0.05) is 35.2 Å². The molecule has 4 nitrogen and oxygen atoms in total. The molecule has 1 aromatic carbocycles. The molecule has 0 radical (unpaired) electrons. The van der Waals surface area contributed by atoms with Gasteiger partial charge in [-0.05, 0) is 43.7 Å². The van der Waals surface area contributed by atoms with Crippen molar-refractivity contribution in [1.29, 1.82) is 0 Å². The van der Waals surface area contributed by atoms with E-state index in [0.717, 1.165) is 53.9 Å². The van der Waals surface area contributed by atoms with E-state index in [4.69, 9.17) is 21.5 Å². The second-order valence-electron chi connectivity index (χ2n) is 6.82. The minimum atomic E-state index is 0.297. The van der Waals surface area contributed by atoms with E-state index < -0.39 is 0 Å². The molecule has 24 heavy (non-hydrogen) atoms. The van der Waals surface area contributed by atoms with Crippen LogP contribution in [0, 0.1) is 5.92 Å². The fourth-order valence-electron chi connectivity index (χ4n) is 3.06. The van der Waals surface area contributed by atoms with Crippen LogP contribution in [0.2, 0.25) is 0 Å². The Morgan fingerprint density at radius 3 is 2.75 bits per heavy atom. The van der Waals surface area contributed by atoms with Crippen LogP contribution in [0.25, 0.3) is 6.08 Å². The summed E-state index contributed by atoms with van der Waals surface area (Å²) in [5.41, 5.74) is 20.2. The van der Waals surface area contributed by atoms with Crippen molar-refractivity contribution in [3.8, 4) is 0 Å². The van der Waals surface area contributed by atoms with Crippen molar-refractivity contribution < 1.29 is 0 Å². The van der Waals surface area contributed by atoms with Crippen LogP contribution >= 0.6 is 0 Å². The first-order chi connectivity index (χ1) is 11.7. The number of hydrogen-bond donors (Lipinski definition) is 2. The summed E-state index contributed by atoms with van der Waals surface area (Å²) in [6, 6.07) is 8.68. The monoisotopic (exact) mass is 318 g/mol. The average molecular weight is 318 g/mol. The zero-order valence-corrected chi connectivity index (χ0v) is 13.7. The molecule has 0 saturated heterocycles. The summed E-state index contributed by atoms with van der Waals surface area (Å²) in [5, 5.41) is 0. The van der Waals surface area contributed by atoms with Gasteiger partial charge in [0.2, 0.25) is 0 Å². The highest BCUT2D eigenvalue weighted by Gasteiger charge is 2.28. The molecule has 0 unspecified atom stereocenters. The molecule has 1 aliphatic heterocycles. The fourth-order valence-corrected chi connectivity index (χ4v) is 3.06. The molecule has 2 saturated carbocycles. The van der Waals surface area contributed by atoms with E-state index in [1.165, 1.54) is 0 Å². The van der Waals surface area contributed by atoms with Gasteiger partial charge in [0.25, 0.3) is 0 Å². The van der Waals surface area contributed by atoms with E-state index >= 15 is 0 Å². The van der Waals surface area contributed by atoms with E-state index in [0.29, 0.717) is 18.0 Å². The Labute approximate surface area is 142 Å². The van der Waals surface area contributed by atoms with Crippen molar-refractivity contribution in [3.63, 3.8) is 0 Å². The van der Waals surface area contributed by atoms with Gasteiger partial charge in [-0.3, -0.25) is 4.99 Å². The van der Waals surface area contributed by atoms with Gasteiger partial charge < -0.3 is 11.5 Å². The maximum absolute atomic E-state index is 6.42. The van der Waals surface area contributed by atoms with Crippen molar-refractivity contribution in [3.05, 3.63) is 52.9 Å². The third-order valence-electron chi connectivity index (χ3n) is 4.80. The molecule has 2 aliphatic carbocycles. The Morgan fingerprint density at radius 1 is 1.21 bits per heavy atom. The minimum Gasteiger partial charge on any atom is -0.401 e. The lowest BCUT2D eigenvalue weighted by Crippen LogP contribution is -2.39. The van der Waals surface area contributed by atoms with Gasteiger partial charge in [0.05, 0.1) is 17.4 Å². The van der Waals surface area contributed by atoms with Gasteiger partial charge in [0.1, 0.15) is 0 Å². The number of nitrogens with zero attached hydrogens (tertiary/aromatic N) is 2. The maximum Gasteiger partial charge on any atom is 0.0819 e. The number of aliphatic imine (C=N–C) groups is 2. The lowest BCUT2D eigenvalue weighted by Gasteiger charge is -2.28. The molecule has 4 N–H and O–H groups in total. The van der Waals surface area contributed by atoms with E-state index in [1.54, 1.807) is 0 Å². The normalized spacial score (nSPS) is 26.5. The smallest absolute Gasteiger partial charge is 0.0819 e. The number of fused-ring (bicyclic) bond motifs is 1. The Morgan fingerprint density at radius 2 is 2.00 bits per heavy atom. The first kappa shape index (κ1) is 15.1. The highest BCUT2D eigenvalue weighted by Crippen LogP contribution is 2.36. The van der Waals surface area contributed by atoms with E-state index in [9.17, 15) is 0 Å². The van der Waals surface area contributed by atoms with Gasteiger partial charge in [-0.25, -0.2) is 4.99 Å². The Bertz CT molecular complexity index is 799. The molecule has 0 atom stereocenters. The summed E-state index contributed by atoms with van der Waals surface area (Å²) in [4.78, 5) is 9.51. The standard InChI is InChI=1S/C20H22N4/c21-15-10-16(11-15)23-12-17(20(22)14-8-9-14)19-7-3-5-13-4-1-2-6-18(13)24-19/h1-2,4-7,12,14-16H,8-11,21-22H2. The predicted molar refractivity (Wildman–Crippen MR) is 99.5 cm³/mol. The summed E-state index contributed by atoms with van der Waals surface area (Å²) < 4.78 is 0. The lowest BCUT2D eigenvalue weighted by atomic mass is 9.88. The number of nitrogens with two attached hydrogens (primary N) is 2. The zero-order valence-electron chi connectivity index (χ0n) is 13.7. The lowest BCUT2D eigenvalue weighted by molar-refractivity contribution is 0.355. The second kappa shape index (κ2) is 6.23. The zero-order chi connectivity index (χ0) is 16.5. The molecule has 0 aromatic heterocycles. The third-order valence-corrected chi connectivity index (χ3v) is 4.80.